The molecular weight excluding hydrogens is 298 g/mol. The Labute approximate surface area is 137 Å². The minimum atomic E-state index is -0.807. The van der Waals surface area contributed by atoms with Gasteiger partial charge < -0.3 is 19.5 Å². The highest BCUT2D eigenvalue weighted by molar-refractivity contribution is 5.81. The first kappa shape index (κ1) is 18.8. The van der Waals surface area contributed by atoms with Crippen molar-refractivity contribution in [2.75, 3.05) is 13.7 Å². The van der Waals surface area contributed by atoms with E-state index in [-0.39, 0.29) is 6.61 Å². The molecule has 0 fully saturated rings. The van der Waals surface area contributed by atoms with Crippen LogP contribution in [0.4, 0.5) is 4.79 Å². The molecule has 1 aromatic rings. The topological polar surface area (TPSA) is 73.9 Å². The van der Waals surface area contributed by atoms with Crippen LogP contribution in [0.15, 0.2) is 24.3 Å². The third-order valence-electron chi connectivity index (χ3n) is 2.86. The second-order valence-electron chi connectivity index (χ2n) is 6.00. The first-order valence-corrected chi connectivity index (χ1v) is 7.54. The molecule has 0 aliphatic rings. The number of amides is 1. The predicted molar refractivity (Wildman–Crippen MR) is 86.5 cm³/mol. The Morgan fingerprint density at radius 1 is 1.17 bits per heavy atom. The summed E-state index contributed by atoms with van der Waals surface area (Å²) in [6.07, 6.45) is -0.341. The number of ether oxygens (including phenoxy) is 3. The average Bonchev–Trinajstić information content (AvgIpc) is 2.45. The van der Waals surface area contributed by atoms with Crippen LogP contribution in [0.3, 0.4) is 0 Å². The van der Waals surface area contributed by atoms with Gasteiger partial charge in [-0.1, -0.05) is 12.1 Å². The molecule has 1 rings (SSSR count). The van der Waals surface area contributed by atoms with Gasteiger partial charge in [0.25, 0.3) is 0 Å². The molecule has 0 saturated carbocycles. The molecule has 0 aliphatic heterocycles. The minimum Gasteiger partial charge on any atom is -0.497 e. The summed E-state index contributed by atoms with van der Waals surface area (Å²) >= 11 is 0. The van der Waals surface area contributed by atoms with Gasteiger partial charge in [0, 0.05) is 6.42 Å². The van der Waals surface area contributed by atoms with E-state index < -0.39 is 23.7 Å². The van der Waals surface area contributed by atoms with Crippen LogP contribution in [-0.4, -0.2) is 37.4 Å². The number of benzene rings is 1. The van der Waals surface area contributed by atoms with Crippen LogP contribution in [0, 0.1) is 0 Å². The fourth-order valence-corrected chi connectivity index (χ4v) is 1.88. The van der Waals surface area contributed by atoms with Crippen LogP contribution in [0.25, 0.3) is 0 Å². The van der Waals surface area contributed by atoms with E-state index in [0.29, 0.717) is 6.42 Å². The number of carbonyl (C=O) groups is 2. The number of carbonyl (C=O) groups excluding carboxylic acids is 2. The molecule has 23 heavy (non-hydrogen) atoms. The van der Waals surface area contributed by atoms with Crippen LogP contribution in [-0.2, 0) is 20.7 Å². The van der Waals surface area contributed by atoms with E-state index in [4.69, 9.17) is 14.2 Å². The Hall–Kier alpha value is -2.24. The van der Waals surface area contributed by atoms with Gasteiger partial charge in [-0.3, -0.25) is 0 Å². The summed E-state index contributed by atoms with van der Waals surface area (Å²) in [6.45, 7) is 7.24. The molecule has 0 bridgehead atoms. The highest BCUT2D eigenvalue weighted by Gasteiger charge is 2.25. The molecule has 1 amide bonds. The van der Waals surface area contributed by atoms with E-state index in [2.05, 4.69) is 5.32 Å². The number of alkyl carbamates (subject to hydrolysis) is 1. The number of hydrogen-bond donors (Lipinski definition) is 1. The zero-order valence-electron chi connectivity index (χ0n) is 14.3. The Morgan fingerprint density at radius 2 is 1.78 bits per heavy atom. The maximum absolute atomic E-state index is 12.1. The van der Waals surface area contributed by atoms with Crippen molar-refractivity contribution >= 4 is 12.1 Å². The molecule has 6 nitrogen and oxygen atoms in total. The largest absolute Gasteiger partial charge is 0.497 e. The van der Waals surface area contributed by atoms with Gasteiger partial charge in [-0.25, -0.2) is 9.59 Å². The highest BCUT2D eigenvalue weighted by atomic mass is 16.6. The summed E-state index contributed by atoms with van der Waals surface area (Å²) in [5, 5.41) is 2.57. The Bertz CT molecular complexity index is 519. The summed E-state index contributed by atoms with van der Waals surface area (Å²) in [5.41, 5.74) is 0.239. The lowest BCUT2D eigenvalue weighted by molar-refractivity contribution is -0.145. The fraction of sp³-hybridized carbons (Fsp3) is 0.529. The van der Waals surface area contributed by atoms with Gasteiger partial charge in [-0.2, -0.15) is 0 Å². The first-order chi connectivity index (χ1) is 10.7. The molecule has 0 radical (unpaired) electrons. The fourth-order valence-electron chi connectivity index (χ4n) is 1.88. The lowest BCUT2D eigenvalue weighted by Gasteiger charge is -2.23. The van der Waals surface area contributed by atoms with Gasteiger partial charge in [0.05, 0.1) is 13.7 Å². The summed E-state index contributed by atoms with van der Waals surface area (Å²) < 4.78 is 15.3. The van der Waals surface area contributed by atoms with Crippen LogP contribution in [0.2, 0.25) is 0 Å². The second kappa shape index (κ2) is 8.41. The van der Waals surface area contributed by atoms with Gasteiger partial charge in [0.1, 0.15) is 17.4 Å². The minimum absolute atomic E-state index is 0.244. The van der Waals surface area contributed by atoms with Crippen LogP contribution in [0.5, 0.6) is 5.75 Å². The second-order valence-corrected chi connectivity index (χ2v) is 6.00. The van der Waals surface area contributed by atoms with Crippen molar-refractivity contribution in [2.45, 2.75) is 45.8 Å². The third kappa shape index (κ3) is 7.04. The Kier molecular flexibility index (Phi) is 6.88. The van der Waals surface area contributed by atoms with Crippen molar-refractivity contribution in [3.05, 3.63) is 29.8 Å². The van der Waals surface area contributed by atoms with Gasteiger partial charge in [0.2, 0.25) is 0 Å². The highest BCUT2D eigenvalue weighted by Crippen LogP contribution is 2.14. The normalized spacial score (nSPS) is 12.2. The molecule has 0 unspecified atom stereocenters. The molecule has 0 aromatic heterocycles. The average molecular weight is 323 g/mol. The number of methoxy groups -OCH3 is 1. The lowest BCUT2D eigenvalue weighted by Crippen LogP contribution is -2.45. The Morgan fingerprint density at radius 3 is 2.26 bits per heavy atom. The van der Waals surface area contributed by atoms with Crippen molar-refractivity contribution in [3.8, 4) is 5.75 Å². The maximum Gasteiger partial charge on any atom is 0.408 e. The molecular formula is C17H25NO5. The van der Waals surface area contributed by atoms with E-state index in [9.17, 15) is 9.59 Å². The van der Waals surface area contributed by atoms with Gasteiger partial charge >= 0.3 is 12.1 Å². The summed E-state index contributed by atoms with van der Waals surface area (Å²) in [6, 6.07) is 6.46. The van der Waals surface area contributed by atoms with Gasteiger partial charge in [0.15, 0.2) is 0 Å². The van der Waals surface area contributed by atoms with E-state index in [1.54, 1.807) is 46.9 Å². The summed E-state index contributed by atoms with van der Waals surface area (Å²) in [4.78, 5) is 24.0. The molecule has 0 saturated heterocycles. The standard InChI is InChI=1S/C17H25NO5/c1-6-22-15(19)14(18-16(20)23-17(2,3)4)11-12-7-9-13(21-5)10-8-12/h7-10,14H,6,11H2,1-5H3,(H,18,20)/t14-/m1/s1. The zero-order chi connectivity index (χ0) is 17.5. The van der Waals surface area contributed by atoms with Crippen molar-refractivity contribution in [1.82, 2.24) is 5.32 Å². The van der Waals surface area contributed by atoms with E-state index in [1.165, 1.54) is 0 Å². The smallest absolute Gasteiger partial charge is 0.408 e. The summed E-state index contributed by atoms with van der Waals surface area (Å²) in [7, 11) is 1.58. The van der Waals surface area contributed by atoms with Gasteiger partial charge in [-0.05, 0) is 45.4 Å². The van der Waals surface area contributed by atoms with Crippen LogP contribution >= 0.6 is 0 Å². The van der Waals surface area contributed by atoms with Crippen molar-refractivity contribution in [2.24, 2.45) is 0 Å². The maximum atomic E-state index is 12.1. The third-order valence-corrected chi connectivity index (χ3v) is 2.86. The number of nitrogens with one attached hydrogen (secondary N) is 1. The molecule has 0 heterocycles. The van der Waals surface area contributed by atoms with E-state index in [1.807, 2.05) is 12.1 Å². The number of hydrogen-bond acceptors (Lipinski definition) is 5. The first-order valence-electron chi connectivity index (χ1n) is 7.54. The molecule has 6 heteroatoms. The van der Waals surface area contributed by atoms with E-state index >= 15 is 0 Å². The molecule has 0 spiro atoms. The lowest BCUT2D eigenvalue weighted by atomic mass is 10.1. The molecule has 128 valence electrons. The van der Waals surface area contributed by atoms with Crippen molar-refractivity contribution in [3.63, 3.8) is 0 Å². The van der Waals surface area contributed by atoms with Gasteiger partial charge in [-0.15, -0.1) is 0 Å². The van der Waals surface area contributed by atoms with Crippen molar-refractivity contribution < 1.29 is 23.8 Å². The SMILES string of the molecule is CCOC(=O)[C@@H](Cc1ccc(OC)cc1)NC(=O)OC(C)(C)C. The molecule has 1 atom stereocenters. The number of rotatable bonds is 6. The monoisotopic (exact) mass is 323 g/mol. The quantitative estimate of drug-likeness (QED) is 0.815. The molecule has 0 aliphatic carbocycles. The van der Waals surface area contributed by atoms with E-state index in [0.717, 1.165) is 11.3 Å². The van der Waals surface area contributed by atoms with Crippen LogP contribution < -0.4 is 10.1 Å². The Balaban J connectivity index is 2.79. The molecule has 1 aromatic carbocycles. The van der Waals surface area contributed by atoms with Crippen molar-refractivity contribution in [1.29, 1.82) is 0 Å². The molecule has 1 N–H and O–H groups in total. The predicted octanol–water partition coefficient (Wildman–Crippen LogP) is 2.69. The van der Waals surface area contributed by atoms with Crippen LogP contribution in [0.1, 0.15) is 33.3 Å². The zero-order valence-corrected chi connectivity index (χ0v) is 14.3. The summed E-state index contributed by atoms with van der Waals surface area (Å²) in [5.74, 6) is 0.232. The number of esters is 1.